The molecule has 112 valence electrons. The maximum atomic E-state index is 12.4. The Labute approximate surface area is 136 Å². The maximum Gasteiger partial charge on any atom is 0.271 e. The third-order valence-electron chi connectivity index (χ3n) is 3.18. The molecule has 1 aliphatic rings. The predicted molar refractivity (Wildman–Crippen MR) is 89.1 cm³/mol. The zero-order chi connectivity index (χ0) is 14.9. The van der Waals surface area contributed by atoms with E-state index in [0.29, 0.717) is 15.9 Å². The van der Waals surface area contributed by atoms with E-state index in [9.17, 15) is 8.42 Å². The molecule has 0 radical (unpaired) electrons. The highest BCUT2D eigenvalue weighted by molar-refractivity contribution is 9.10. The Bertz CT molecular complexity index is 739. The highest BCUT2D eigenvalue weighted by Crippen LogP contribution is 2.27. The van der Waals surface area contributed by atoms with E-state index >= 15 is 0 Å². The summed E-state index contributed by atoms with van der Waals surface area (Å²) in [5.41, 5.74) is 1.56. The van der Waals surface area contributed by atoms with Crippen LogP contribution < -0.4 is 10.0 Å². The van der Waals surface area contributed by atoms with Gasteiger partial charge in [0.25, 0.3) is 10.0 Å². The minimum atomic E-state index is -3.53. The van der Waals surface area contributed by atoms with Crippen molar-refractivity contribution in [2.24, 2.45) is 0 Å². The number of rotatable bonds is 6. The Hall–Kier alpha value is -0.890. The molecule has 3 rings (SSSR count). The van der Waals surface area contributed by atoms with Crippen LogP contribution in [0.5, 0.6) is 0 Å². The van der Waals surface area contributed by atoms with Gasteiger partial charge >= 0.3 is 0 Å². The van der Waals surface area contributed by atoms with Gasteiger partial charge in [-0.25, -0.2) is 8.42 Å². The molecule has 0 atom stereocenters. The van der Waals surface area contributed by atoms with Gasteiger partial charge in [0, 0.05) is 17.1 Å². The van der Waals surface area contributed by atoms with Gasteiger partial charge in [0.2, 0.25) is 0 Å². The fraction of sp³-hybridized carbons (Fsp3) is 0.286. The first-order chi connectivity index (χ1) is 10.0. The van der Waals surface area contributed by atoms with Crippen molar-refractivity contribution >= 4 is 43.0 Å². The summed E-state index contributed by atoms with van der Waals surface area (Å²) in [6.07, 6.45) is 2.44. The van der Waals surface area contributed by atoms with Crippen molar-refractivity contribution in [3.05, 3.63) is 45.7 Å². The van der Waals surface area contributed by atoms with E-state index in [1.807, 2.05) is 11.4 Å². The molecule has 0 saturated heterocycles. The monoisotopic (exact) mass is 386 g/mol. The van der Waals surface area contributed by atoms with Gasteiger partial charge < -0.3 is 5.32 Å². The maximum absolute atomic E-state index is 12.4. The Morgan fingerprint density at radius 1 is 1.29 bits per heavy atom. The minimum Gasteiger partial charge on any atom is -0.310 e. The van der Waals surface area contributed by atoms with Gasteiger partial charge in [-0.15, -0.1) is 11.3 Å². The lowest BCUT2D eigenvalue weighted by Gasteiger charge is -2.07. The molecular formula is C14H15BrN2O2S2. The smallest absolute Gasteiger partial charge is 0.271 e. The van der Waals surface area contributed by atoms with Crippen LogP contribution in [0.1, 0.15) is 18.4 Å². The van der Waals surface area contributed by atoms with Crippen molar-refractivity contribution in [1.29, 1.82) is 0 Å². The lowest BCUT2D eigenvalue weighted by atomic mass is 10.3. The second kappa shape index (κ2) is 6.08. The second-order valence-electron chi connectivity index (χ2n) is 5.01. The number of benzene rings is 1. The zero-order valence-corrected chi connectivity index (χ0v) is 14.4. The van der Waals surface area contributed by atoms with Gasteiger partial charge in [0.1, 0.15) is 4.21 Å². The molecule has 4 nitrogen and oxygen atoms in total. The summed E-state index contributed by atoms with van der Waals surface area (Å²) in [5, 5.41) is 5.27. The van der Waals surface area contributed by atoms with E-state index in [1.165, 1.54) is 24.2 Å². The fourth-order valence-corrected chi connectivity index (χ4v) is 4.68. The largest absolute Gasteiger partial charge is 0.310 e. The molecule has 0 spiro atoms. The van der Waals surface area contributed by atoms with Crippen LogP contribution in [0.15, 0.2) is 44.4 Å². The highest BCUT2D eigenvalue weighted by atomic mass is 79.9. The van der Waals surface area contributed by atoms with Crippen molar-refractivity contribution in [3.8, 4) is 0 Å². The molecule has 0 bridgehead atoms. The molecule has 7 heteroatoms. The summed E-state index contributed by atoms with van der Waals surface area (Å²) < 4.78 is 28.4. The number of hydrogen-bond acceptors (Lipinski definition) is 4. The summed E-state index contributed by atoms with van der Waals surface area (Å²) in [7, 11) is -3.53. The number of sulfonamides is 1. The van der Waals surface area contributed by atoms with Crippen LogP contribution in [-0.2, 0) is 16.6 Å². The van der Waals surface area contributed by atoms with Gasteiger partial charge in [-0.2, -0.15) is 0 Å². The zero-order valence-electron chi connectivity index (χ0n) is 11.2. The Morgan fingerprint density at radius 3 is 2.76 bits per heavy atom. The summed E-state index contributed by atoms with van der Waals surface area (Å²) in [4.78, 5) is 0. The Kier molecular flexibility index (Phi) is 4.35. The summed E-state index contributed by atoms with van der Waals surface area (Å²) in [6.45, 7) is 0.728. The van der Waals surface area contributed by atoms with Crippen LogP contribution in [-0.4, -0.2) is 14.5 Å². The van der Waals surface area contributed by atoms with Crippen molar-refractivity contribution in [2.45, 2.75) is 29.6 Å². The van der Waals surface area contributed by atoms with E-state index in [2.05, 4.69) is 26.0 Å². The van der Waals surface area contributed by atoms with Gasteiger partial charge in [-0.1, -0.05) is 12.1 Å². The molecule has 1 aromatic heterocycles. The average molecular weight is 387 g/mol. The quantitative estimate of drug-likeness (QED) is 0.797. The molecule has 0 unspecified atom stereocenters. The SMILES string of the molecule is O=S(=O)(Nc1ccccc1Br)c1cc(CNC2CC2)cs1. The molecular weight excluding hydrogens is 372 g/mol. The molecule has 1 heterocycles. The average Bonchev–Trinajstić information content (AvgIpc) is 3.15. The lowest BCUT2D eigenvalue weighted by Crippen LogP contribution is -2.15. The second-order valence-corrected chi connectivity index (χ2v) is 8.69. The summed E-state index contributed by atoms with van der Waals surface area (Å²) >= 11 is 4.59. The van der Waals surface area contributed by atoms with Gasteiger partial charge in [-0.05, 0) is 57.9 Å². The van der Waals surface area contributed by atoms with Crippen LogP contribution in [0.4, 0.5) is 5.69 Å². The van der Waals surface area contributed by atoms with E-state index in [0.717, 1.165) is 16.6 Å². The van der Waals surface area contributed by atoms with Crippen molar-refractivity contribution < 1.29 is 8.42 Å². The number of nitrogens with one attached hydrogen (secondary N) is 2. The van der Waals surface area contributed by atoms with E-state index < -0.39 is 10.0 Å². The first-order valence-electron chi connectivity index (χ1n) is 6.63. The third-order valence-corrected chi connectivity index (χ3v) is 6.73. The number of para-hydroxylation sites is 1. The molecule has 21 heavy (non-hydrogen) atoms. The van der Waals surface area contributed by atoms with E-state index in [4.69, 9.17) is 0 Å². The Balaban J connectivity index is 1.73. The van der Waals surface area contributed by atoms with E-state index in [-0.39, 0.29) is 0 Å². The molecule has 2 N–H and O–H groups in total. The van der Waals surface area contributed by atoms with Crippen LogP contribution in [0.25, 0.3) is 0 Å². The molecule has 1 aromatic carbocycles. The van der Waals surface area contributed by atoms with Crippen LogP contribution in [0, 0.1) is 0 Å². The van der Waals surface area contributed by atoms with Crippen molar-refractivity contribution in [2.75, 3.05) is 4.72 Å². The molecule has 1 fully saturated rings. The molecule has 2 aromatic rings. The highest BCUT2D eigenvalue weighted by Gasteiger charge is 2.21. The van der Waals surface area contributed by atoms with Crippen LogP contribution in [0.3, 0.4) is 0 Å². The standard InChI is InChI=1S/C14H15BrN2O2S2/c15-12-3-1-2-4-13(12)17-21(18,19)14-7-10(9-20-14)8-16-11-5-6-11/h1-4,7,9,11,16-17H,5-6,8H2. The number of thiophene rings is 1. The van der Waals surface area contributed by atoms with Crippen LogP contribution in [0.2, 0.25) is 0 Å². The number of halogens is 1. The molecule has 1 saturated carbocycles. The fourth-order valence-electron chi connectivity index (χ4n) is 1.88. The molecule has 0 aliphatic heterocycles. The van der Waals surface area contributed by atoms with Gasteiger partial charge in [-0.3, -0.25) is 4.72 Å². The minimum absolute atomic E-state index is 0.339. The molecule has 1 aliphatic carbocycles. The number of anilines is 1. The Morgan fingerprint density at radius 2 is 2.05 bits per heavy atom. The van der Waals surface area contributed by atoms with E-state index in [1.54, 1.807) is 24.3 Å². The first-order valence-corrected chi connectivity index (χ1v) is 9.78. The number of hydrogen-bond donors (Lipinski definition) is 2. The predicted octanol–water partition coefficient (Wildman–Crippen LogP) is 3.56. The summed E-state index contributed by atoms with van der Waals surface area (Å²) in [5.74, 6) is 0. The molecule has 0 amide bonds. The first kappa shape index (κ1) is 15.0. The van der Waals surface area contributed by atoms with Gasteiger partial charge in [0.05, 0.1) is 5.69 Å². The van der Waals surface area contributed by atoms with Crippen molar-refractivity contribution in [1.82, 2.24) is 5.32 Å². The lowest BCUT2D eigenvalue weighted by molar-refractivity contribution is 0.603. The van der Waals surface area contributed by atoms with Crippen LogP contribution >= 0.6 is 27.3 Å². The third kappa shape index (κ3) is 3.85. The summed E-state index contributed by atoms with van der Waals surface area (Å²) in [6, 6.07) is 9.51. The topological polar surface area (TPSA) is 58.2 Å². The normalized spacial score (nSPS) is 15.1. The van der Waals surface area contributed by atoms with Crippen molar-refractivity contribution in [3.63, 3.8) is 0 Å². The van der Waals surface area contributed by atoms with Gasteiger partial charge in [0.15, 0.2) is 0 Å².